The fourth-order valence-electron chi connectivity index (χ4n) is 1.53. The standard InChI is InChI=1S/C8H13F3O2/c1-13-6-4-7(12,5-6)2-3-8(9,10)11/h6,12H,2-5H2,1H3. The molecule has 0 atom stereocenters. The molecule has 0 saturated heterocycles. The van der Waals surface area contributed by atoms with Crippen LogP contribution in [-0.4, -0.2) is 30.1 Å². The van der Waals surface area contributed by atoms with Gasteiger partial charge in [0.1, 0.15) is 0 Å². The Labute approximate surface area is 74.7 Å². The molecule has 1 saturated carbocycles. The number of aliphatic hydroxyl groups is 1. The van der Waals surface area contributed by atoms with Crippen LogP contribution in [0.5, 0.6) is 0 Å². The zero-order chi connectivity index (χ0) is 10.1. The first kappa shape index (κ1) is 10.8. The zero-order valence-corrected chi connectivity index (χ0v) is 7.40. The Morgan fingerprint density at radius 2 is 2.00 bits per heavy atom. The van der Waals surface area contributed by atoms with Gasteiger partial charge < -0.3 is 9.84 Å². The second-order valence-corrected chi connectivity index (χ2v) is 3.61. The monoisotopic (exact) mass is 198 g/mol. The first-order valence-electron chi connectivity index (χ1n) is 4.17. The zero-order valence-electron chi connectivity index (χ0n) is 7.40. The van der Waals surface area contributed by atoms with Gasteiger partial charge in [0.25, 0.3) is 0 Å². The van der Waals surface area contributed by atoms with E-state index in [0.29, 0.717) is 12.8 Å². The van der Waals surface area contributed by atoms with Gasteiger partial charge in [-0.25, -0.2) is 0 Å². The lowest BCUT2D eigenvalue weighted by molar-refractivity contribution is -0.173. The lowest BCUT2D eigenvalue weighted by Gasteiger charge is -2.42. The van der Waals surface area contributed by atoms with Crippen LogP contribution in [0.3, 0.4) is 0 Å². The van der Waals surface area contributed by atoms with E-state index in [4.69, 9.17) is 4.74 Å². The molecule has 0 amide bonds. The highest BCUT2D eigenvalue weighted by atomic mass is 19.4. The summed E-state index contributed by atoms with van der Waals surface area (Å²) in [4.78, 5) is 0. The number of hydrogen-bond acceptors (Lipinski definition) is 2. The summed E-state index contributed by atoms with van der Waals surface area (Å²) in [7, 11) is 1.49. The maximum absolute atomic E-state index is 11.8. The second-order valence-electron chi connectivity index (χ2n) is 3.61. The molecular formula is C8H13F3O2. The summed E-state index contributed by atoms with van der Waals surface area (Å²) in [5.74, 6) is 0. The first-order valence-corrected chi connectivity index (χ1v) is 4.17. The molecule has 5 heteroatoms. The molecule has 1 aliphatic carbocycles. The Hall–Kier alpha value is -0.290. The van der Waals surface area contributed by atoms with Gasteiger partial charge in [0.05, 0.1) is 11.7 Å². The van der Waals surface area contributed by atoms with Crippen molar-refractivity contribution in [3.63, 3.8) is 0 Å². The third-order valence-electron chi connectivity index (χ3n) is 2.42. The predicted molar refractivity (Wildman–Crippen MR) is 40.3 cm³/mol. The Morgan fingerprint density at radius 1 is 1.46 bits per heavy atom. The van der Waals surface area contributed by atoms with Gasteiger partial charge in [-0.1, -0.05) is 0 Å². The van der Waals surface area contributed by atoms with Gasteiger partial charge in [0.2, 0.25) is 0 Å². The third-order valence-corrected chi connectivity index (χ3v) is 2.42. The molecule has 1 fully saturated rings. The first-order chi connectivity index (χ1) is 5.85. The van der Waals surface area contributed by atoms with Crippen molar-refractivity contribution in [2.45, 2.75) is 43.6 Å². The Kier molecular flexibility index (Phi) is 2.87. The van der Waals surface area contributed by atoms with E-state index in [1.54, 1.807) is 0 Å². The summed E-state index contributed by atoms with van der Waals surface area (Å²) >= 11 is 0. The summed E-state index contributed by atoms with van der Waals surface area (Å²) in [5.41, 5.74) is -1.14. The third kappa shape index (κ3) is 3.15. The summed E-state index contributed by atoms with van der Waals surface area (Å²) in [6, 6.07) is 0. The van der Waals surface area contributed by atoms with Gasteiger partial charge in [0.15, 0.2) is 0 Å². The highest BCUT2D eigenvalue weighted by molar-refractivity contribution is 4.95. The minimum Gasteiger partial charge on any atom is -0.390 e. The van der Waals surface area contributed by atoms with E-state index >= 15 is 0 Å². The van der Waals surface area contributed by atoms with Crippen LogP contribution in [0.1, 0.15) is 25.7 Å². The van der Waals surface area contributed by atoms with Crippen molar-refractivity contribution in [3.8, 4) is 0 Å². The number of alkyl halides is 3. The van der Waals surface area contributed by atoms with Crippen molar-refractivity contribution in [1.82, 2.24) is 0 Å². The highest BCUT2D eigenvalue weighted by Gasteiger charge is 2.44. The lowest BCUT2D eigenvalue weighted by Crippen LogP contribution is -2.48. The number of halogens is 3. The molecule has 0 aromatic carbocycles. The van der Waals surface area contributed by atoms with Crippen molar-refractivity contribution in [1.29, 1.82) is 0 Å². The number of rotatable bonds is 3. The topological polar surface area (TPSA) is 29.5 Å². The largest absolute Gasteiger partial charge is 0.390 e. The smallest absolute Gasteiger partial charge is 0.389 e. The summed E-state index contributed by atoms with van der Waals surface area (Å²) < 4.78 is 40.2. The molecule has 0 radical (unpaired) electrons. The Balaban J connectivity index is 2.23. The molecule has 2 nitrogen and oxygen atoms in total. The summed E-state index contributed by atoms with van der Waals surface area (Å²) in [5, 5.41) is 9.49. The van der Waals surface area contributed by atoms with Crippen LogP contribution in [0.15, 0.2) is 0 Å². The molecule has 1 N–H and O–H groups in total. The van der Waals surface area contributed by atoms with Crippen LogP contribution in [0, 0.1) is 0 Å². The van der Waals surface area contributed by atoms with Gasteiger partial charge in [-0.05, 0) is 6.42 Å². The SMILES string of the molecule is COC1CC(O)(CCC(F)(F)F)C1. The molecular weight excluding hydrogens is 185 g/mol. The van der Waals surface area contributed by atoms with Crippen molar-refractivity contribution in [2.75, 3.05) is 7.11 Å². The van der Waals surface area contributed by atoms with Crippen LogP contribution in [0.25, 0.3) is 0 Å². The van der Waals surface area contributed by atoms with E-state index in [1.807, 2.05) is 0 Å². The molecule has 0 heterocycles. The molecule has 78 valence electrons. The van der Waals surface area contributed by atoms with Crippen LogP contribution < -0.4 is 0 Å². The molecule has 0 aliphatic heterocycles. The molecule has 1 aliphatic rings. The molecule has 0 aromatic heterocycles. The van der Waals surface area contributed by atoms with Gasteiger partial charge in [0, 0.05) is 26.4 Å². The minimum absolute atomic E-state index is 0.0711. The summed E-state index contributed by atoms with van der Waals surface area (Å²) in [6.07, 6.45) is -4.73. The Bertz CT molecular complexity index is 173. The van der Waals surface area contributed by atoms with E-state index in [2.05, 4.69) is 0 Å². The normalized spacial score (nSPS) is 34.4. The highest BCUT2D eigenvalue weighted by Crippen LogP contribution is 2.39. The van der Waals surface area contributed by atoms with Gasteiger partial charge in [-0.3, -0.25) is 0 Å². The summed E-state index contributed by atoms with van der Waals surface area (Å²) in [6.45, 7) is 0. The number of hydrogen-bond donors (Lipinski definition) is 1. The number of methoxy groups -OCH3 is 1. The maximum atomic E-state index is 11.8. The van der Waals surface area contributed by atoms with Crippen LogP contribution in [-0.2, 0) is 4.74 Å². The van der Waals surface area contributed by atoms with Crippen LogP contribution in [0.4, 0.5) is 13.2 Å². The van der Waals surface area contributed by atoms with Crippen molar-refractivity contribution in [2.24, 2.45) is 0 Å². The minimum atomic E-state index is -4.17. The van der Waals surface area contributed by atoms with Gasteiger partial charge in [-0.2, -0.15) is 13.2 Å². The molecule has 13 heavy (non-hydrogen) atoms. The maximum Gasteiger partial charge on any atom is 0.389 e. The quantitative estimate of drug-likeness (QED) is 0.750. The fourth-order valence-corrected chi connectivity index (χ4v) is 1.53. The second kappa shape index (κ2) is 3.46. The molecule has 0 spiro atoms. The van der Waals surface area contributed by atoms with Crippen molar-refractivity contribution >= 4 is 0 Å². The van der Waals surface area contributed by atoms with E-state index in [9.17, 15) is 18.3 Å². The van der Waals surface area contributed by atoms with E-state index < -0.39 is 18.2 Å². The number of ether oxygens (including phenoxy) is 1. The molecule has 0 unspecified atom stereocenters. The Morgan fingerprint density at radius 3 is 2.38 bits per heavy atom. The lowest BCUT2D eigenvalue weighted by atomic mass is 9.74. The molecule has 1 rings (SSSR count). The van der Waals surface area contributed by atoms with E-state index in [0.717, 1.165) is 0 Å². The van der Waals surface area contributed by atoms with Crippen molar-refractivity contribution in [3.05, 3.63) is 0 Å². The van der Waals surface area contributed by atoms with E-state index in [-0.39, 0.29) is 12.5 Å². The molecule has 0 bridgehead atoms. The van der Waals surface area contributed by atoms with Crippen LogP contribution in [0.2, 0.25) is 0 Å². The van der Waals surface area contributed by atoms with Gasteiger partial charge >= 0.3 is 6.18 Å². The van der Waals surface area contributed by atoms with Crippen LogP contribution >= 0.6 is 0 Å². The fraction of sp³-hybridized carbons (Fsp3) is 1.00. The molecule has 0 aromatic rings. The average Bonchev–Trinajstić information content (AvgIpc) is 1.94. The van der Waals surface area contributed by atoms with Gasteiger partial charge in [-0.15, -0.1) is 0 Å². The predicted octanol–water partition coefficient (Wildman–Crippen LogP) is 1.87. The van der Waals surface area contributed by atoms with E-state index in [1.165, 1.54) is 7.11 Å². The average molecular weight is 198 g/mol. The van der Waals surface area contributed by atoms with Crippen molar-refractivity contribution < 1.29 is 23.0 Å².